The first kappa shape index (κ1) is 16.3. The smallest absolute Gasteiger partial charge is 0.329 e. The lowest BCUT2D eigenvalue weighted by molar-refractivity contribution is -0.160. The summed E-state index contributed by atoms with van der Waals surface area (Å²) in [7, 11) is 0. The molecule has 0 spiro atoms. The molecule has 1 amide bonds. The van der Waals surface area contributed by atoms with Crippen molar-refractivity contribution < 1.29 is 14.3 Å². The molecule has 1 N–H and O–H groups in total. The second kappa shape index (κ2) is 5.98. The van der Waals surface area contributed by atoms with Crippen molar-refractivity contribution in [1.82, 2.24) is 5.32 Å². The molecule has 2 rings (SSSR count). The summed E-state index contributed by atoms with van der Waals surface area (Å²) in [5.41, 5.74) is -0.526. The first-order valence-corrected chi connectivity index (χ1v) is 8.20. The molecule has 0 aromatic carbocycles. The van der Waals surface area contributed by atoms with Crippen LogP contribution in [0.25, 0.3) is 0 Å². The predicted octanol–water partition coefficient (Wildman–Crippen LogP) is 2.91. The van der Waals surface area contributed by atoms with Gasteiger partial charge in [0, 0.05) is 5.92 Å². The Kier molecular flexibility index (Phi) is 4.64. The van der Waals surface area contributed by atoms with Gasteiger partial charge in [-0.1, -0.05) is 20.3 Å². The van der Waals surface area contributed by atoms with E-state index < -0.39 is 11.6 Å². The monoisotopic (exact) mass is 295 g/mol. The highest BCUT2D eigenvalue weighted by Crippen LogP contribution is 2.48. The van der Waals surface area contributed by atoms with E-state index in [2.05, 4.69) is 5.32 Å². The second-order valence-electron chi connectivity index (χ2n) is 8.05. The number of esters is 1. The van der Waals surface area contributed by atoms with E-state index in [4.69, 9.17) is 4.74 Å². The Hall–Kier alpha value is -1.06. The van der Waals surface area contributed by atoms with Gasteiger partial charge in [0.15, 0.2) is 0 Å². The molecule has 0 aromatic rings. The standard InChI is InChI=1S/C17H29NO3/c1-10(2)14(16(20)21-17(3,4)5)18-15(19)13-9-11-6-7-12(13)8-11/h10-14H,6-9H2,1-5H3,(H,18,19)/t11?,12?,13?,14-/m0/s1. The van der Waals surface area contributed by atoms with E-state index in [0.29, 0.717) is 5.92 Å². The first-order chi connectivity index (χ1) is 9.67. The van der Waals surface area contributed by atoms with Gasteiger partial charge >= 0.3 is 5.97 Å². The van der Waals surface area contributed by atoms with Crippen LogP contribution in [0.3, 0.4) is 0 Å². The SMILES string of the molecule is CC(C)[C@H](NC(=O)C1CC2CCC1C2)C(=O)OC(C)(C)C. The zero-order valence-electron chi connectivity index (χ0n) is 13.9. The Morgan fingerprint density at radius 1 is 1.14 bits per heavy atom. The zero-order chi connectivity index (χ0) is 15.8. The molecule has 2 fully saturated rings. The number of nitrogens with one attached hydrogen (secondary N) is 1. The van der Waals surface area contributed by atoms with Crippen LogP contribution in [0.4, 0.5) is 0 Å². The van der Waals surface area contributed by atoms with Crippen molar-refractivity contribution in [1.29, 1.82) is 0 Å². The third-order valence-corrected chi connectivity index (χ3v) is 4.70. The number of carbonyl (C=O) groups is 2. The Morgan fingerprint density at radius 2 is 1.81 bits per heavy atom. The molecular weight excluding hydrogens is 266 g/mol. The Bertz CT molecular complexity index is 411. The molecule has 0 aromatic heterocycles. The fraction of sp³-hybridized carbons (Fsp3) is 0.882. The number of fused-ring (bicyclic) bond motifs is 2. The van der Waals surface area contributed by atoms with E-state index in [1.54, 1.807) is 0 Å². The van der Waals surface area contributed by atoms with Crippen molar-refractivity contribution in [3.05, 3.63) is 0 Å². The summed E-state index contributed by atoms with van der Waals surface area (Å²) < 4.78 is 5.43. The van der Waals surface area contributed by atoms with Gasteiger partial charge in [0.1, 0.15) is 11.6 Å². The van der Waals surface area contributed by atoms with Crippen LogP contribution < -0.4 is 5.32 Å². The van der Waals surface area contributed by atoms with Crippen molar-refractivity contribution in [2.24, 2.45) is 23.7 Å². The van der Waals surface area contributed by atoms with Gasteiger partial charge in [-0.2, -0.15) is 0 Å². The third kappa shape index (κ3) is 3.98. The van der Waals surface area contributed by atoms with Crippen molar-refractivity contribution >= 4 is 11.9 Å². The van der Waals surface area contributed by atoms with Gasteiger partial charge in [-0.15, -0.1) is 0 Å². The summed E-state index contributed by atoms with van der Waals surface area (Å²) in [5, 5.41) is 2.95. The molecule has 3 unspecified atom stereocenters. The zero-order valence-corrected chi connectivity index (χ0v) is 13.9. The molecule has 4 atom stereocenters. The molecule has 2 saturated carbocycles. The number of hydrogen-bond donors (Lipinski definition) is 1. The van der Waals surface area contributed by atoms with E-state index in [-0.39, 0.29) is 23.7 Å². The van der Waals surface area contributed by atoms with Gasteiger partial charge in [-0.25, -0.2) is 4.79 Å². The summed E-state index contributed by atoms with van der Waals surface area (Å²) >= 11 is 0. The molecule has 120 valence electrons. The maximum Gasteiger partial charge on any atom is 0.329 e. The predicted molar refractivity (Wildman–Crippen MR) is 81.6 cm³/mol. The molecule has 0 aliphatic heterocycles. The molecular formula is C17H29NO3. The minimum absolute atomic E-state index is 0.0300. The van der Waals surface area contributed by atoms with Crippen molar-refractivity contribution in [3.8, 4) is 0 Å². The lowest BCUT2D eigenvalue weighted by Crippen LogP contribution is -2.49. The van der Waals surface area contributed by atoms with E-state index in [0.717, 1.165) is 12.3 Å². The second-order valence-corrected chi connectivity index (χ2v) is 8.05. The van der Waals surface area contributed by atoms with Gasteiger partial charge < -0.3 is 10.1 Å². The van der Waals surface area contributed by atoms with Gasteiger partial charge in [0.25, 0.3) is 0 Å². The summed E-state index contributed by atoms with van der Waals surface area (Å²) in [4.78, 5) is 24.8. The highest BCUT2D eigenvalue weighted by atomic mass is 16.6. The van der Waals surface area contributed by atoms with Crippen molar-refractivity contribution in [2.45, 2.75) is 71.9 Å². The average molecular weight is 295 g/mol. The Balaban J connectivity index is 1.96. The number of ether oxygens (including phenoxy) is 1. The lowest BCUT2D eigenvalue weighted by Gasteiger charge is -2.28. The molecule has 21 heavy (non-hydrogen) atoms. The topological polar surface area (TPSA) is 55.4 Å². The molecule has 4 nitrogen and oxygen atoms in total. The van der Waals surface area contributed by atoms with Gasteiger partial charge in [0.2, 0.25) is 5.91 Å². The molecule has 4 heteroatoms. The van der Waals surface area contributed by atoms with Gasteiger partial charge in [-0.3, -0.25) is 4.79 Å². The Morgan fingerprint density at radius 3 is 2.24 bits per heavy atom. The number of carbonyl (C=O) groups excluding carboxylic acids is 2. The van der Waals surface area contributed by atoms with Crippen LogP contribution in [0.1, 0.15) is 60.3 Å². The normalized spacial score (nSPS) is 29.5. The van der Waals surface area contributed by atoms with Crippen LogP contribution >= 0.6 is 0 Å². The average Bonchev–Trinajstić information content (AvgIpc) is 2.94. The van der Waals surface area contributed by atoms with Crippen LogP contribution in [0.5, 0.6) is 0 Å². The fourth-order valence-electron chi connectivity index (χ4n) is 3.69. The lowest BCUT2D eigenvalue weighted by atomic mass is 9.87. The van der Waals surface area contributed by atoms with E-state index in [1.165, 1.54) is 19.3 Å². The molecule has 2 aliphatic rings. The Labute approximate surface area is 128 Å². The van der Waals surface area contributed by atoms with Gasteiger partial charge in [0.05, 0.1) is 0 Å². The maximum atomic E-state index is 12.5. The summed E-state index contributed by atoms with van der Waals surface area (Å²) in [6, 6.07) is -0.546. The minimum Gasteiger partial charge on any atom is -0.458 e. The molecule has 0 heterocycles. The van der Waals surface area contributed by atoms with Crippen LogP contribution in [-0.4, -0.2) is 23.5 Å². The van der Waals surface area contributed by atoms with Crippen molar-refractivity contribution in [2.75, 3.05) is 0 Å². The first-order valence-electron chi connectivity index (χ1n) is 8.20. The largest absolute Gasteiger partial charge is 0.458 e. The summed E-state index contributed by atoms with van der Waals surface area (Å²) in [6.45, 7) is 9.42. The number of hydrogen-bond acceptors (Lipinski definition) is 3. The van der Waals surface area contributed by atoms with Gasteiger partial charge in [-0.05, 0) is 57.8 Å². The summed E-state index contributed by atoms with van der Waals surface area (Å²) in [5.74, 6) is 1.11. The molecule has 2 aliphatic carbocycles. The molecule has 0 saturated heterocycles. The number of amides is 1. The van der Waals surface area contributed by atoms with Crippen molar-refractivity contribution in [3.63, 3.8) is 0 Å². The number of rotatable bonds is 4. The molecule has 0 radical (unpaired) electrons. The summed E-state index contributed by atoms with van der Waals surface area (Å²) in [6.07, 6.45) is 4.63. The van der Waals surface area contributed by atoms with E-state index in [1.807, 2.05) is 34.6 Å². The van der Waals surface area contributed by atoms with Crippen LogP contribution in [0.15, 0.2) is 0 Å². The van der Waals surface area contributed by atoms with Crippen LogP contribution in [0.2, 0.25) is 0 Å². The third-order valence-electron chi connectivity index (χ3n) is 4.70. The quantitative estimate of drug-likeness (QED) is 0.811. The van der Waals surface area contributed by atoms with Crippen LogP contribution in [-0.2, 0) is 14.3 Å². The highest BCUT2D eigenvalue weighted by Gasteiger charge is 2.44. The van der Waals surface area contributed by atoms with E-state index >= 15 is 0 Å². The fourth-order valence-corrected chi connectivity index (χ4v) is 3.69. The molecule has 2 bridgehead atoms. The minimum atomic E-state index is -0.546. The highest BCUT2D eigenvalue weighted by molar-refractivity contribution is 5.86. The maximum absolute atomic E-state index is 12.5. The van der Waals surface area contributed by atoms with Crippen LogP contribution in [0, 0.1) is 23.7 Å². The van der Waals surface area contributed by atoms with E-state index in [9.17, 15) is 9.59 Å².